The lowest BCUT2D eigenvalue weighted by Crippen LogP contribution is -2.50. The van der Waals surface area contributed by atoms with Crippen LogP contribution < -0.4 is 83.1 Å². The fraction of sp³-hybridized carbons (Fsp3) is 0.525. The van der Waals surface area contributed by atoms with Crippen LogP contribution in [0.2, 0.25) is 0 Å². The van der Waals surface area contributed by atoms with Crippen LogP contribution in [0.3, 0.4) is 0 Å². The third kappa shape index (κ3) is 34.9. The van der Waals surface area contributed by atoms with Gasteiger partial charge in [-0.3, -0.25) is 48.5 Å². The van der Waals surface area contributed by atoms with Crippen LogP contribution in [0.5, 0.6) is 5.75 Å². The Kier molecular flexibility index (Phi) is 36.0. The maximum absolute atomic E-state index is 12.7. The van der Waals surface area contributed by atoms with Crippen LogP contribution in [0.1, 0.15) is 106 Å². The van der Waals surface area contributed by atoms with Crippen LogP contribution in [0, 0.1) is 13.8 Å². The molecule has 5 amide bonds. The van der Waals surface area contributed by atoms with Gasteiger partial charge in [0, 0.05) is 69.9 Å². The first kappa shape index (κ1) is 74.8. The highest BCUT2D eigenvalue weighted by molar-refractivity contribution is 5.90. The number of hydrogen-bond acceptors (Lipinski definition) is 15. The van der Waals surface area contributed by atoms with E-state index in [1.54, 1.807) is 47.1 Å². The van der Waals surface area contributed by atoms with Gasteiger partial charge in [0.15, 0.2) is 29.4 Å². The molecule has 0 unspecified atom stereocenters. The summed E-state index contributed by atoms with van der Waals surface area (Å²) in [5.74, 6) is -1.78. The van der Waals surface area contributed by atoms with Crippen molar-refractivity contribution in [2.75, 3.05) is 47.3 Å². The number of hydrogen-bond donors (Lipinski definition) is 16. The van der Waals surface area contributed by atoms with E-state index in [1.807, 2.05) is 62.4 Å². The second kappa shape index (κ2) is 40.9. The van der Waals surface area contributed by atoms with Crippen molar-refractivity contribution in [1.29, 1.82) is 0 Å². The van der Waals surface area contributed by atoms with Crippen molar-refractivity contribution in [3.63, 3.8) is 0 Å². The Morgan fingerprint density at radius 1 is 0.494 bits per heavy atom. The predicted molar refractivity (Wildman–Crippen MR) is 336 cm³/mol. The van der Waals surface area contributed by atoms with Crippen molar-refractivity contribution in [3.8, 4) is 5.75 Å². The molecule has 0 spiro atoms. The molecule has 0 fully saturated rings. The lowest BCUT2D eigenvalue weighted by molar-refractivity contribution is -0.127. The molecule has 0 aromatic heterocycles. The largest absolute Gasteiger partial charge is 0.508 e. The van der Waals surface area contributed by atoms with Gasteiger partial charge in [0.25, 0.3) is 0 Å². The molecule has 0 aliphatic heterocycles. The molecule has 3 rings (SSSR count). The molecule has 0 heterocycles. The maximum atomic E-state index is 12.7. The van der Waals surface area contributed by atoms with E-state index < -0.39 is 35.5 Å². The van der Waals surface area contributed by atoms with E-state index in [0.717, 1.165) is 53.5 Å². The first-order valence-corrected chi connectivity index (χ1v) is 28.4. The average molecular weight is 1190 g/mol. The van der Waals surface area contributed by atoms with E-state index in [2.05, 4.69) is 52.2 Å². The predicted octanol–water partition coefficient (Wildman–Crippen LogP) is -0.944. The maximum Gasteiger partial charge on any atom is 0.240 e. The molecule has 6 atom stereocenters. The van der Waals surface area contributed by atoms with Crippen molar-refractivity contribution in [2.24, 2.45) is 60.8 Å². The molecule has 24 N–H and O–H groups in total. The van der Waals surface area contributed by atoms with Gasteiger partial charge in [0.2, 0.25) is 29.5 Å². The number of likely N-dealkylation sites (N-methyl/N-ethyl adjacent to an activating group) is 1. The summed E-state index contributed by atoms with van der Waals surface area (Å²) in [6, 6.07) is 19.5. The van der Waals surface area contributed by atoms with E-state index in [0.29, 0.717) is 51.7 Å². The van der Waals surface area contributed by atoms with Crippen LogP contribution in [-0.4, -0.2) is 153 Å². The number of nitrogens with zero attached hydrogens (tertiary/aromatic N) is 3. The van der Waals surface area contributed by atoms with Gasteiger partial charge in [-0.2, -0.15) is 0 Å². The van der Waals surface area contributed by atoms with E-state index in [4.69, 9.17) is 45.9 Å². The zero-order valence-electron chi connectivity index (χ0n) is 51.0. The number of ketones is 2. The Labute approximate surface area is 501 Å². The number of amides is 5. The number of nitrogens with one attached hydrogen (secondary N) is 7. The van der Waals surface area contributed by atoms with Gasteiger partial charge in [0.1, 0.15) is 17.8 Å². The molecule has 26 heteroatoms. The third-order valence-corrected chi connectivity index (χ3v) is 13.7. The molecule has 85 heavy (non-hydrogen) atoms. The molecule has 0 bridgehead atoms. The second-order valence-corrected chi connectivity index (χ2v) is 21.3. The lowest BCUT2D eigenvalue weighted by Gasteiger charge is -2.25. The number of Topliss-reactive ketones (excluding diaryl/α,β-unsaturated/α-hetero) is 2. The molecular formula is C59H98N18O8. The quantitative estimate of drug-likeness (QED) is 0.0188. The van der Waals surface area contributed by atoms with Crippen LogP contribution >= 0.6 is 0 Å². The van der Waals surface area contributed by atoms with Gasteiger partial charge in [0.05, 0.1) is 18.1 Å². The molecule has 0 aliphatic carbocycles. The molecule has 472 valence electrons. The molecule has 26 nitrogen and oxygen atoms in total. The summed E-state index contributed by atoms with van der Waals surface area (Å²) in [5, 5.41) is 30.0. The normalized spacial score (nSPS) is 12.9. The van der Waals surface area contributed by atoms with E-state index in [9.17, 15) is 38.7 Å². The number of primary amides is 2. The molecule has 0 saturated heterocycles. The van der Waals surface area contributed by atoms with E-state index >= 15 is 0 Å². The van der Waals surface area contributed by atoms with Crippen molar-refractivity contribution >= 4 is 59.0 Å². The second-order valence-electron chi connectivity index (χ2n) is 21.3. The van der Waals surface area contributed by atoms with E-state index in [1.165, 1.54) is 19.1 Å². The summed E-state index contributed by atoms with van der Waals surface area (Å²) < 4.78 is 0. The standard InChI is InChI=1S/C23H38N6O4.2C18H30N6O2/c1-15(30)19(12-16-7-9-18(31)10-8-16)29-21(33)13-17(6-5-11-27-22(24)25)28-14-20(32)23(2,3)26-4;2*1-12-5-7-13(8-6-12)10-15(17(19)26)24-16(25)11-14(22-2)4-3-9-23-18(20)21/h7-10,17,19,26,28,31H,5-6,11-14H2,1-4H3,(H,29,33)(H4,24,25,27);2*5-8,14-15,22H,3-4,9-11H2,1-2H3,(H2,19,26)(H,24,25)(H4,20,21,23)/t17-,19-;2*14-,15-/m000/s1. The van der Waals surface area contributed by atoms with Gasteiger partial charge in [-0.05, 0) is 130 Å². The number of nitrogens with two attached hydrogens (primary N) is 8. The Bertz CT molecular complexity index is 2490. The fourth-order valence-corrected chi connectivity index (χ4v) is 8.17. The highest BCUT2D eigenvalue weighted by Crippen LogP contribution is 2.14. The highest BCUT2D eigenvalue weighted by Gasteiger charge is 2.27. The number of guanidine groups is 3. The number of rotatable bonds is 37. The summed E-state index contributed by atoms with van der Waals surface area (Å²) in [7, 11) is 5.29. The molecule has 0 saturated carbocycles. The molecule has 0 aliphatic rings. The number of phenols is 1. The van der Waals surface area contributed by atoms with Gasteiger partial charge in [-0.25, -0.2) is 0 Å². The van der Waals surface area contributed by atoms with Gasteiger partial charge < -0.3 is 88.2 Å². The first-order chi connectivity index (χ1) is 40.1. The summed E-state index contributed by atoms with van der Waals surface area (Å²) >= 11 is 0. The summed E-state index contributed by atoms with van der Waals surface area (Å²) in [6.07, 6.45) is 5.81. The molecule has 0 radical (unpaired) electrons. The van der Waals surface area contributed by atoms with Crippen LogP contribution in [0.4, 0.5) is 0 Å². The number of benzene rings is 3. The third-order valence-electron chi connectivity index (χ3n) is 13.7. The van der Waals surface area contributed by atoms with Crippen molar-refractivity contribution in [2.45, 2.75) is 153 Å². The first-order valence-electron chi connectivity index (χ1n) is 28.4. The molecule has 3 aromatic rings. The van der Waals surface area contributed by atoms with Crippen molar-refractivity contribution < 1.29 is 38.7 Å². The Hall–Kier alpha value is -8.20. The summed E-state index contributed by atoms with van der Waals surface area (Å²) in [5.41, 5.74) is 47.0. The zero-order chi connectivity index (χ0) is 64.1. The molecular weight excluding hydrogens is 1090 g/mol. The SMILES string of the molecule is CNC(C)(C)C(=O)CN[C@@H](CCCN=C(N)N)CC(=O)N[C@@H](Cc1ccc(O)cc1)C(C)=O.CN[C@@H](CCCN=C(N)N)CC(=O)N[C@@H](Cc1ccc(C)cc1)C(N)=O.CN[C@@H](CCCN=C(N)N)CC(=O)N[C@@H](Cc1ccc(C)cc1)C(N)=O. The number of aliphatic imine (C=N–C) groups is 3. The number of carbonyl (C=O) groups excluding carboxylic acids is 7. The van der Waals surface area contributed by atoms with Gasteiger partial charge in [-0.1, -0.05) is 71.8 Å². The van der Waals surface area contributed by atoms with Gasteiger partial charge >= 0.3 is 0 Å². The van der Waals surface area contributed by atoms with Crippen molar-refractivity contribution in [3.05, 3.63) is 101 Å². The molecule has 3 aromatic carbocycles. The summed E-state index contributed by atoms with van der Waals surface area (Å²) in [6.45, 7) is 10.5. The Balaban J connectivity index is 0.000000644. The topological polar surface area (TPSA) is 469 Å². The van der Waals surface area contributed by atoms with Crippen molar-refractivity contribution in [1.82, 2.24) is 37.2 Å². The average Bonchev–Trinajstić information content (AvgIpc) is 3.61. The van der Waals surface area contributed by atoms with Crippen LogP contribution in [-0.2, 0) is 52.8 Å². The zero-order valence-corrected chi connectivity index (χ0v) is 51.0. The number of aromatic hydroxyl groups is 1. The number of phenolic OH excluding ortho intramolecular Hbond substituents is 1. The fourth-order valence-electron chi connectivity index (χ4n) is 8.17. The minimum Gasteiger partial charge on any atom is -0.508 e. The minimum atomic E-state index is -0.732. The Morgan fingerprint density at radius 3 is 1.13 bits per heavy atom. The van der Waals surface area contributed by atoms with Crippen LogP contribution in [0.15, 0.2) is 87.8 Å². The smallest absolute Gasteiger partial charge is 0.240 e. The van der Waals surface area contributed by atoms with Gasteiger partial charge in [-0.15, -0.1) is 0 Å². The monoisotopic (exact) mass is 1190 g/mol. The summed E-state index contributed by atoms with van der Waals surface area (Å²) in [4.78, 5) is 97.0. The Morgan fingerprint density at radius 2 is 0.812 bits per heavy atom. The lowest BCUT2D eigenvalue weighted by atomic mass is 9.98. The minimum absolute atomic E-state index is 0.00160. The number of carbonyl (C=O) groups is 7. The number of aryl methyl sites for hydroxylation is 2. The highest BCUT2D eigenvalue weighted by atomic mass is 16.3. The van der Waals surface area contributed by atoms with E-state index in [-0.39, 0.29) is 96.8 Å². The van der Waals surface area contributed by atoms with Crippen LogP contribution in [0.25, 0.3) is 0 Å².